The standard InChI is InChI=1S/C18H30N6O2/c1-3-19-18(20-7-6-15-13-21-22(2)14-15)24-10-8-23(9-11-24)17(25)16-5-4-12-26-16/h13-14,16H,3-12H2,1-2H3,(H,19,20). The average molecular weight is 362 g/mol. The van der Waals surface area contributed by atoms with Crippen LogP contribution in [-0.4, -0.2) is 83.4 Å². The Morgan fingerprint density at radius 3 is 2.73 bits per heavy atom. The summed E-state index contributed by atoms with van der Waals surface area (Å²) in [6.07, 6.45) is 6.42. The number of amides is 1. The van der Waals surface area contributed by atoms with Crippen molar-refractivity contribution in [3.63, 3.8) is 0 Å². The van der Waals surface area contributed by atoms with E-state index in [0.29, 0.717) is 6.61 Å². The van der Waals surface area contributed by atoms with E-state index in [-0.39, 0.29) is 12.0 Å². The number of carbonyl (C=O) groups excluding carboxylic acids is 1. The molecule has 2 aliphatic heterocycles. The van der Waals surface area contributed by atoms with Crippen LogP contribution in [0.3, 0.4) is 0 Å². The second kappa shape index (κ2) is 9.02. The van der Waals surface area contributed by atoms with E-state index in [9.17, 15) is 4.79 Å². The van der Waals surface area contributed by atoms with E-state index in [2.05, 4.69) is 22.2 Å². The monoisotopic (exact) mass is 362 g/mol. The lowest BCUT2D eigenvalue weighted by Crippen LogP contribution is -2.55. The SMILES string of the molecule is CCNC(=NCCc1cnn(C)c1)N1CCN(C(=O)C2CCCO2)CC1. The van der Waals surface area contributed by atoms with Gasteiger partial charge in [0.15, 0.2) is 5.96 Å². The number of hydrogen-bond acceptors (Lipinski definition) is 4. The molecular formula is C18H30N6O2. The Bertz CT molecular complexity index is 615. The molecule has 0 aliphatic carbocycles. The fourth-order valence-corrected chi connectivity index (χ4v) is 3.43. The highest BCUT2D eigenvalue weighted by Crippen LogP contribution is 2.16. The lowest BCUT2D eigenvalue weighted by Gasteiger charge is -2.37. The van der Waals surface area contributed by atoms with Crippen LogP contribution in [0.5, 0.6) is 0 Å². The molecule has 0 saturated carbocycles. The number of aliphatic imine (C=N–C) groups is 1. The second-order valence-electron chi connectivity index (χ2n) is 6.82. The van der Waals surface area contributed by atoms with E-state index in [4.69, 9.17) is 9.73 Å². The second-order valence-corrected chi connectivity index (χ2v) is 6.82. The molecule has 0 bridgehead atoms. The molecule has 0 radical (unpaired) electrons. The lowest BCUT2D eigenvalue weighted by atomic mass is 10.2. The third kappa shape index (κ3) is 4.75. The molecule has 2 aliphatic rings. The summed E-state index contributed by atoms with van der Waals surface area (Å²) in [5.74, 6) is 1.08. The Balaban J connectivity index is 1.50. The van der Waals surface area contributed by atoms with Gasteiger partial charge in [-0.25, -0.2) is 0 Å². The van der Waals surface area contributed by atoms with Crippen LogP contribution < -0.4 is 5.32 Å². The zero-order valence-electron chi connectivity index (χ0n) is 15.9. The van der Waals surface area contributed by atoms with Gasteiger partial charge in [0.2, 0.25) is 0 Å². The fraction of sp³-hybridized carbons (Fsp3) is 0.722. The first-order valence-electron chi connectivity index (χ1n) is 9.58. The number of hydrogen-bond donors (Lipinski definition) is 1. The largest absolute Gasteiger partial charge is 0.368 e. The molecule has 26 heavy (non-hydrogen) atoms. The summed E-state index contributed by atoms with van der Waals surface area (Å²) in [5, 5.41) is 7.56. The predicted molar refractivity (Wildman–Crippen MR) is 100 cm³/mol. The number of ether oxygens (including phenoxy) is 1. The van der Waals surface area contributed by atoms with Gasteiger partial charge in [-0.2, -0.15) is 5.10 Å². The number of aromatic nitrogens is 2. The molecule has 1 unspecified atom stereocenters. The smallest absolute Gasteiger partial charge is 0.251 e. The molecule has 8 nitrogen and oxygen atoms in total. The minimum absolute atomic E-state index is 0.153. The maximum absolute atomic E-state index is 12.5. The highest BCUT2D eigenvalue weighted by atomic mass is 16.5. The highest BCUT2D eigenvalue weighted by molar-refractivity contribution is 5.82. The van der Waals surface area contributed by atoms with E-state index >= 15 is 0 Å². The molecule has 144 valence electrons. The van der Waals surface area contributed by atoms with E-state index in [1.807, 2.05) is 29.0 Å². The molecule has 1 aromatic rings. The summed E-state index contributed by atoms with van der Waals surface area (Å²) in [7, 11) is 1.92. The Morgan fingerprint density at radius 2 is 2.12 bits per heavy atom. The van der Waals surface area contributed by atoms with E-state index in [1.165, 1.54) is 5.56 Å². The average Bonchev–Trinajstić information content (AvgIpc) is 3.32. The molecule has 2 saturated heterocycles. The van der Waals surface area contributed by atoms with Crippen LogP contribution in [0, 0.1) is 0 Å². The first-order valence-corrected chi connectivity index (χ1v) is 9.58. The van der Waals surface area contributed by atoms with Crippen LogP contribution in [-0.2, 0) is 23.0 Å². The number of aryl methyl sites for hydroxylation is 1. The number of rotatable bonds is 5. The summed E-state index contributed by atoms with van der Waals surface area (Å²) in [6, 6.07) is 0. The zero-order chi connectivity index (χ0) is 18.4. The van der Waals surface area contributed by atoms with Crippen LogP contribution in [0.15, 0.2) is 17.4 Å². The first kappa shape index (κ1) is 18.7. The predicted octanol–water partition coefficient (Wildman–Crippen LogP) is 0.251. The van der Waals surface area contributed by atoms with Crippen molar-refractivity contribution in [3.8, 4) is 0 Å². The van der Waals surface area contributed by atoms with Crippen LogP contribution in [0.25, 0.3) is 0 Å². The first-order chi connectivity index (χ1) is 12.7. The van der Waals surface area contributed by atoms with Gasteiger partial charge in [-0.1, -0.05) is 0 Å². The zero-order valence-corrected chi connectivity index (χ0v) is 15.9. The molecule has 1 aromatic heterocycles. The lowest BCUT2D eigenvalue weighted by molar-refractivity contribution is -0.142. The number of nitrogens with zero attached hydrogens (tertiary/aromatic N) is 5. The Kier molecular flexibility index (Phi) is 6.49. The van der Waals surface area contributed by atoms with Gasteiger partial charge in [0.25, 0.3) is 5.91 Å². The van der Waals surface area contributed by atoms with Gasteiger partial charge in [0.05, 0.1) is 6.20 Å². The van der Waals surface area contributed by atoms with Crippen molar-refractivity contribution in [2.45, 2.75) is 32.3 Å². The maximum atomic E-state index is 12.5. The molecule has 1 atom stereocenters. The van der Waals surface area contributed by atoms with Crippen LogP contribution in [0.2, 0.25) is 0 Å². The summed E-state index contributed by atoms with van der Waals surface area (Å²) >= 11 is 0. The van der Waals surface area contributed by atoms with E-state index in [1.54, 1.807) is 0 Å². The fourth-order valence-electron chi connectivity index (χ4n) is 3.43. The van der Waals surface area contributed by atoms with Crippen molar-refractivity contribution < 1.29 is 9.53 Å². The number of piperazine rings is 1. The number of carbonyl (C=O) groups is 1. The molecule has 1 amide bonds. The van der Waals surface area contributed by atoms with Crippen molar-refractivity contribution in [2.75, 3.05) is 45.9 Å². The Hall–Kier alpha value is -2.09. The van der Waals surface area contributed by atoms with E-state index < -0.39 is 0 Å². The van der Waals surface area contributed by atoms with Crippen LogP contribution in [0.1, 0.15) is 25.3 Å². The number of nitrogens with one attached hydrogen (secondary N) is 1. The number of guanidine groups is 1. The topological polar surface area (TPSA) is 75.0 Å². The van der Waals surface area contributed by atoms with Gasteiger partial charge < -0.3 is 19.9 Å². The Morgan fingerprint density at radius 1 is 1.35 bits per heavy atom. The normalized spacial score (nSPS) is 21.3. The van der Waals surface area contributed by atoms with Crippen LogP contribution >= 0.6 is 0 Å². The molecule has 0 spiro atoms. The van der Waals surface area contributed by atoms with Gasteiger partial charge >= 0.3 is 0 Å². The van der Waals surface area contributed by atoms with Crippen molar-refractivity contribution in [2.24, 2.45) is 12.0 Å². The van der Waals surface area contributed by atoms with Gasteiger partial charge in [0, 0.05) is 59.1 Å². The van der Waals surface area contributed by atoms with Gasteiger partial charge in [0.1, 0.15) is 6.10 Å². The van der Waals surface area contributed by atoms with Crippen molar-refractivity contribution in [1.82, 2.24) is 24.9 Å². The molecular weight excluding hydrogens is 332 g/mol. The van der Waals surface area contributed by atoms with Gasteiger partial charge in [-0.15, -0.1) is 0 Å². The van der Waals surface area contributed by atoms with Crippen LogP contribution in [0.4, 0.5) is 0 Å². The molecule has 1 N–H and O–H groups in total. The summed E-state index contributed by atoms with van der Waals surface area (Å²) in [4.78, 5) is 21.4. The summed E-state index contributed by atoms with van der Waals surface area (Å²) in [6.45, 7) is 7.41. The third-order valence-corrected chi connectivity index (χ3v) is 4.85. The van der Waals surface area contributed by atoms with Gasteiger partial charge in [-0.3, -0.25) is 14.5 Å². The van der Waals surface area contributed by atoms with Crippen molar-refractivity contribution in [1.29, 1.82) is 0 Å². The minimum Gasteiger partial charge on any atom is -0.368 e. The molecule has 2 fully saturated rings. The van der Waals surface area contributed by atoms with Crippen molar-refractivity contribution in [3.05, 3.63) is 18.0 Å². The Labute approximate surface area is 155 Å². The summed E-state index contributed by atoms with van der Waals surface area (Å²) < 4.78 is 7.34. The van der Waals surface area contributed by atoms with Gasteiger partial charge in [-0.05, 0) is 31.7 Å². The quantitative estimate of drug-likeness (QED) is 0.600. The molecule has 3 heterocycles. The molecule has 8 heteroatoms. The summed E-state index contributed by atoms with van der Waals surface area (Å²) in [5.41, 5.74) is 1.19. The third-order valence-electron chi connectivity index (χ3n) is 4.85. The maximum Gasteiger partial charge on any atom is 0.251 e. The molecule has 3 rings (SSSR count). The van der Waals surface area contributed by atoms with E-state index in [0.717, 1.165) is 64.5 Å². The highest BCUT2D eigenvalue weighted by Gasteiger charge is 2.30. The van der Waals surface area contributed by atoms with Crippen molar-refractivity contribution >= 4 is 11.9 Å². The molecule has 0 aromatic carbocycles. The minimum atomic E-state index is -0.220.